The summed E-state index contributed by atoms with van der Waals surface area (Å²) in [6, 6.07) is 15.7. The van der Waals surface area contributed by atoms with Gasteiger partial charge in [0, 0.05) is 25.2 Å². The van der Waals surface area contributed by atoms with Gasteiger partial charge in [-0.1, -0.05) is 41.6 Å². The van der Waals surface area contributed by atoms with Gasteiger partial charge in [0.15, 0.2) is 5.69 Å². The Balaban J connectivity index is 1.51. The SMILES string of the molecule is CC(NS(=O)(=O)c1ccc2c(c1)CCN(C(=O)c1ccon1)C2)c1ccccc1. The zero-order valence-electron chi connectivity index (χ0n) is 15.9. The first-order valence-electron chi connectivity index (χ1n) is 9.33. The van der Waals surface area contributed by atoms with Gasteiger partial charge in [-0.2, -0.15) is 0 Å². The van der Waals surface area contributed by atoms with Gasteiger partial charge in [0.25, 0.3) is 5.91 Å². The summed E-state index contributed by atoms with van der Waals surface area (Å²) >= 11 is 0. The van der Waals surface area contributed by atoms with Gasteiger partial charge in [-0.3, -0.25) is 4.79 Å². The quantitative estimate of drug-likeness (QED) is 0.697. The van der Waals surface area contributed by atoms with Crippen molar-refractivity contribution in [3.8, 4) is 0 Å². The summed E-state index contributed by atoms with van der Waals surface area (Å²) in [6.45, 7) is 2.73. The third-order valence-electron chi connectivity index (χ3n) is 5.08. The number of aromatic nitrogens is 1. The summed E-state index contributed by atoms with van der Waals surface area (Å²) in [5, 5.41) is 3.69. The molecular formula is C21H21N3O4S. The Labute approximate surface area is 169 Å². The maximum absolute atomic E-state index is 12.8. The highest BCUT2D eigenvalue weighted by molar-refractivity contribution is 7.89. The van der Waals surface area contributed by atoms with Crippen LogP contribution < -0.4 is 4.72 Å². The van der Waals surface area contributed by atoms with Crippen molar-refractivity contribution in [3.63, 3.8) is 0 Å². The fourth-order valence-corrected chi connectivity index (χ4v) is 4.75. The molecule has 0 saturated heterocycles. The van der Waals surface area contributed by atoms with Crippen LogP contribution in [0, 0.1) is 0 Å². The minimum absolute atomic E-state index is 0.195. The maximum atomic E-state index is 12.8. The number of amides is 1. The van der Waals surface area contributed by atoms with Crippen molar-refractivity contribution in [2.75, 3.05) is 6.54 Å². The van der Waals surface area contributed by atoms with Crippen LogP contribution in [0.15, 0.2) is 70.3 Å². The first kappa shape index (κ1) is 19.4. The fraction of sp³-hybridized carbons (Fsp3) is 0.238. The van der Waals surface area contributed by atoms with E-state index in [-0.39, 0.29) is 22.5 Å². The minimum atomic E-state index is -3.66. The van der Waals surface area contributed by atoms with Gasteiger partial charge in [0.1, 0.15) is 6.26 Å². The first-order valence-corrected chi connectivity index (χ1v) is 10.8. The molecule has 8 heteroatoms. The van der Waals surface area contributed by atoms with E-state index in [2.05, 4.69) is 9.88 Å². The molecule has 29 heavy (non-hydrogen) atoms. The molecule has 0 fully saturated rings. The number of fused-ring (bicyclic) bond motifs is 1. The predicted octanol–water partition coefficient (Wildman–Crippen LogP) is 2.91. The highest BCUT2D eigenvalue weighted by atomic mass is 32.2. The number of carbonyl (C=O) groups excluding carboxylic acids is 1. The second kappa shape index (κ2) is 7.81. The number of carbonyl (C=O) groups is 1. The van der Waals surface area contributed by atoms with Crippen LogP contribution in [0.25, 0.3) is 0 Å². The summed E-state index contributed by atoms with van der Waals surface area (Å²) in [6.07, 6.45) is 1.95. The van der Waals surface area contributed by atoms with Crippen LogP contribution in [0.4, 0.5) is 0 Å². The van der Waals surface area contributed by atoms with Gasteiger partial charge >= 0.3 is 0 Å². The summed E-state index contributed by atoms with van der Waals surface area (Å²) < 4.78 is 33.1. The number of benzene rings is 2. The van der Waals surface area contributed by atoms with Crippen LogP contribution in [0.1, 0.15) is 40.1 Å². The number of rotatable bonds is 5. The van der Waals surface area contributed by atoms with E-state index in [4.69, 9.17) is 4.52 Å². The zero-order valence-corrected chi connectivity index (χ0v) is 16.7. The Kier molecular flexibility index (Phi) is 5.21. The van der Waals surface area contributed by atoms with Gasteiger partial charge in [-0.05, 0) is 42.2 Å². The van der Waals surface area contributed by atoms with Crippen molar-refractivity contribution in [1.82, 2.24) is 14.8 Å². The molecule has 1 aliphatic heterocycles. The second-order valence-electron chi connectivity index (χ2n) is 7.05. The van der Waals surface area contributed by atoms with Gasteiger partial charge < -0.3 is 9.42 Å². The molecule has 1 unspecified atom stereocenters. The third kappa shape index (κ3) is 4.08. The molecule has 2 heterocycles. The van der Waals surface area contributed by atoms with E-state index in [0.29, 0.717) is 19.5 Å². The second-order valence-corrected chi connectivity index (χ2v) is 8.76. The topological polar surface area (TPSA) is 92.5 Å². The van der Waals surface area contributed by atoms with Crippen molar-refractivity contribution in [2.24, 2.45) is 0 Å². The van der Waals surface area contributed by atoms with Gasteiger partial charge in [0.2, 0.25) is 10.0 Å². The Morgan fingerprint density at radius 2 is 1.93 bits per heavy atom. The first-order chi connectivity index (χ1) is 13.9. The molecule has 0 bridgehead atoms. The number of hydrogen-bond donors (Lipinski definition) is 1. The van der Waals surface area contributed by atoms with Crippen LogP contribution in [-0.4, -0.2) is 30.9 Å². The summed E-state index contributed by atoms with van der Waals surface area (Å²) in [4.78, 5) is 14.4. The molecule has 4 rings (SSSR count). The van der Waals surface area contributed by atoms with Crippen molar-refractivity contribution >= 4 is 15.9 Å². The van der Waals surface area contributed by atoms with E-state index in [1.807, 2.05) is 37.3 Å². The summed E-state index contributed by atoms with van der Waals surface area (Å²) in [5.41, 5.74) is 3.04. The van der Waals surface area contributed by atoms with E-state index >= 15 is 0 Å². The van der Waals surface area contributed by atoms with Gasteiger partial charge in [0.05, 0.1) is 4.90 Å². The largest absolute Gasteiger partial charge is 0.364 e. The highest BCUT2D eigenvalue weighted by Crippen LogP contribution is 2.24. The smallest absolute Gasteiger partial charge is 0.276 e. The molecule has 1 atom stereocenters. The van der Waals surface area contributed by atoms with Crippen LogP contribution in [0.2, 0.25) is 0 Å². The predicted molar refractivity (Wildman–Crippen MR) is 107 cm³/mol. The van der Waals surface area contributed by atoms with Crippen LogP contribution in [0.5, 0.6) is 0 Å². The lowest BCUT2D eigenvalue weighted by Crippen LogP contribution is -2.36. The average molecular weight is 411 g/mol. The molecule has 0 spiro atoms. The Morgan fingerprint density at radius 1 is 1.14 bits per heavy atom. The Morgan fingerprint density at radius 3 is 2.66 bits per heavy atom. The van der Waals surface area contributed by atoms with Crippen molar-refractivity contribution in [1.29, 1.82) is 0 Å². The van der Waals surface area contributed by atoms with E-state index in [1.165, 1.54) is 12.3 Å². The number of hydrogen-bond acceptors (Lipinski definition) is 5. The molecule has 3 aromatic rings. The maximum Gasteiger partial charge on any atom is 0.276 e. The number of nitrogens with one attached hydrogen (secondary N) is 1. The summed E-state index contributed by atoms with van der Waals surface area (Å²) in [5.74, 6) is -0.195. The molecule has 0 aliphatic carbocycles. The van der Waals surface area contributed by atoms with Crippen molar-refractivity contribution < 1.29 is 17.7 Å². The van der Waals surface area contributed by atoms with E-state index in [0.717, 1.165) is 16.7 Å². The Bertz CT molecular complexity index is 1110. The molecule has 1 aromatic heterocycles. The molecule has 1 N–H and O–H groups in total. The molecule has 2 aromatic carbocycles. The fourth-order valence-electron chi connectivity index (χ4n) is 3.47. The normalized spacial score (nSPS) is 15.0. The standard InChI is InChI=1S/C21H21N3O4S/c1-15(16-5-3-2-4-6-16)23-29(26,27)19-8-7-18-14-24(11-9-17(18)13-19)21(25)20-10-12-28-22-20/h2-8,10,12-13,15,23H,9,11,14H2,1H3. The molecular weight excluding hydrogens is 390 g/mol. The zero-order chi connectivity index (χ0) is 20.4. The van der Waals surface area contributed by atoms with Crippen molar-refractivity contribution in [2.45, 2.75) is 30.8 Å². The highest BCUT2D eigenvalue weighted by Gasteiger charge is 2.25. The lowest BCUT2D eigenvalue weighted by atomic mass is 9.99. The number of nitrogens with zero attached hydrogens (tertiary/aromatic N) is 2. The molecule has 0 saturated carbocycles. The van der Waals surface area contributed by atoms with E-state index < -0.39 is 10.0 Å². The van der Waals surface area contributed by atoms with Crippen molar-refractivity contribution in [3.05, 3.63) is 83.2 Å². The third-order valence-corrected chi connectivity index (χ3v) is 6.61. The minimum Gasteiger partial charge on any atom is -0.364 e. The van der Waals surface area contributed by atoms with Crippen LogP contribution in [-0.2, 0) is 23.0 Å². The molecule has 150 valence electrons. The lowest BCUT2D eigenvalue weighted by molar-refractivity contribution is 0.0724. The monoisotopic (exact) mass is 411 g/mol. The molecule has 1 amide bonds. The van der Waals surface area contributed by atoms with Crippen LogP contribution in [0.3, 0.4) is 0 Å². The van der Waals surface area contributed by atoms with E-state index in [9.17, 15) is 13.2 Å². The van der Waals surface area contributed by atoms with Crippen LogP contribution >= 0.6 is 0 Å². The molecule has 7 nitrogen and oxygen atoms in total. The average Bonchev–Trinajstić information content (AvgIpc) is 3.27. The molecule has 0 radical (unpaired) electrons. The lowest BCUT2D eigenvalue weighted by Gasteiger charge is -2.28. The van der Waals surface area contributed by atoms with E-state index in [1.54, 1.807) is 23.1 Å². The Hall–Kier alpha value is -2.97. The number of sulfonamides is 1. The van der Waals surface area contributed by atoms with Gasteiger partial charge in [-0.25, -0.2) is 13.1 Å². The molecule has 1 aliphatic rings. The summed E-state index contributed by atoms with van der Waals surface area (Å²) in [7, 11) is -3.66. The van der Waals surface area contributed by atoms with Gasteiger partial charge in [-0.15, -0.1) is 0 Å².